The smallest absolute Gasteiger partial charge is 0.292 e. The summed E-state index contributed by atoms with van der Waals surface area (Å²) in [6.45, 7) is 0. The van der Waals surface area contributed by atoms with Crippen LogP contribution < -0.4 is 10.6 Å². The van der Waals surface area contributed by atoms with Crippen molar-refractivity contribution in [2.45, 2.75) is 0 Å². The molecule has 0 fully saturated rings. The van der Waals surface area contributed by atoms with E-state index in [4.69, 9.17) is 16.0 Å². The Morgan fingerprint density at radius 2 is 1.82 bits per heavy atom. The second-order valence-corrected chi connectivity index (χ2v) is 7.95. The van der Waals surface area contributed by atoms with Crippen molar-refractivity contribution in [3.63, 3.8) is 0 Å². The summed E-state index contributed by atoms with van der Waals surface area (Å²) in [6.07, 6.45) is 1.43. The van der Waals surface area contributed by atoms with Crippen LogP contribution in [0.4, 0.5) is 10.1 Å². The zero-order valence-electron chi connectivity index (χ0n) is 14.1. The number of benzene rings is 1. The number of thiophene rings is 1. The molecule has 4 rings (SSSR count). The highest BCUT2D eigenvalue weighted by Gasteiger charge is 2.19. The van der Waals surface area contributed by atoms with Crippen LogP contribution in [0, 0.1) is 0 Å². The van der Waals surface area contributed by atoms with E-state index in [-0.39, 0.29) is 17.6 Å². The summed E-state index contributed by atoms with van der Waals surface area (Å²) in [6, 6.07) is 13.5. The second kappa shape index (κ2) is 7.97. The lowest BCUT2D eigenvalue weighted by Crippen LogP contribution is -2.11. The number of hydrogen-bond acceptors (Lipinski definition) is 6. The molecule has 0 atom stereocenters. The van der Waals surface area contributed by atoms with E-state index in [1.165, 1.54) is 28.9 Å². The van der Waals surface area contributed by atoms with Gasteiger partial charge in [-0.2, -0.15) is 0 Å². The van der Waals surface area contributed by atoms with Crippen molar-refractivity contribution in [1.29, 1.82) is 0 Å². The maximum atomic E-state index is 12.5. The van der Waals surface area contributed by atoms with Crippen molar-refractivity contribution < 1.29 is 14.0 Å². The Bertz CT molecular complexity index is 1100. The zero-order chi connectivity index (χ0) is 19.5. The van der Waals surface area contributed by atoms with Crippen LogP contribution in [0.2, 0.25) is 5.02 Å². The van der Waals surface area contributed by atoms with E-state index in [1.807, 2.05) is 17.5 Å². The molecule has 6 nitrogen and oxygen atoms in total. The van der Waals surface area contributed by atoms with Crippen molar-refractivity contribution in [2.75, 3.05) is 10.6 Å². The second-order valence-electron chi connectivity index (χ2n) is 5.57. The third-order valence-electron chi connectivity index (χ3n) is 3.68. The van der Waals surface area contributed by atoms with E-state index in [0.29, 0.717) is 26.4 Å². The highest BCUT2D eigenvalue weighted by Crippen LogP contribution is 2.38. The lowest BCUT2D eigenvalue weighted by atomic mass is 10.2. The number of furan rings is 1. The molecule has 0 unspecified atom stereocenters. The molecule has 2 N–H and O–H groups in total. The minimum absolute atomic E-state index is 0.192. The Kier molecular flexibility index (Phi) is 5.25. The number of halogens is 1. The van der Waals surface area contributed by atoms with Crippen molar-refractivity contribution in [1.82, 2.24) is 4.98 Å². The number of amides is 2. The van der Waals surface area contributed by atoms with Crippen LogP contribution in [-0.2, 0) is 0 Å². The molecule has 0 spiro atoms. The standard InChI is InChI=1S/C19H12ClN3O3S2/c20-12-7-5-11(6-8-12)16(24)23-19-21-15(14-4-2-10-27-14)18(28-19)22-17(25)13-3-1-9-26-13/h1-10H,(H,22,25)(H,21,23,24). The van der Waals surface area contributed by atoms with E-state index < -0.39 is 0 Å². The first kappa shape index (κ1) is 18.4. The quantitative estimate of drug-likeness (QED) is 0.431. The number of rotatable bonds is 5. The highest BCUT2D eigenvalue weighted by molar-refractivity contribution is 7.21. The molecule has 0 bridgehead atoms. The molecule has 0 aliphatic carbocycles. The molecule has 28 heavy (non-hydrogen) atoms. The van der Waals surface area contributed by atoms with Gasteiger partial charge in [-0.1, -0.05) is 29.0 Å². The summed E-state index contributed by atoms with van der Waals surface area (Å²) in [5.74, 6) is -0.508. The number of thiazole rings is 1. The Morgan fingerprint density at radius 3 is 2.50 bits per heavy atom. The molecule has 0 aliphatic rings. The first-order valence-electron chi connectivity index (χ1n) is 8.06. The Hall–Kier alpha value is -2.94. The van der Waals surface area contributed by atoms with Gasteiger partial charge in [0.2, 0.25) is 0 Å². The minimum atomic E-state index is -0.387. The number of carbonyl (C=O) groups excluding carboxylic acids is 2. The fourth-order valence-electron chi connectivity index (χ4n) is 2.38. The van der Waals surface area contributed by atoms with E-state index in [1.54, 1.807) is 36.4 Å². The summed E-state index contributed by atoms with van der Waals surface area (Å²) < 4.78 is 5.13. The van der Waals surface area contributed by atoms with Gasteiger partial charge in [-0.15, -0.1) is 11.3 Å². The predicted octanol–water partition coefficient (Wildman–Crippen LogP) is 5.62. The predicted molar refractivity (Wildman–Crippen MR) is 111 cm³/mol. The third-order valence-corrected chi connectivity index (χ3v) is 5.70. The van der Waals surface area contributed by atoms with Crippen molar-refractivity contribution >= 4 is 56.2 Å². The third kappa shape index (κ3) is 3.99. The van der Waals surface area contributed by atoms with Gasteiger partial charge in [0.1, 0.15) is 10.7 Å². The van der Waals surface area contributed by atoms with Gasteiger partial charge in [-0.25, -0.2) is 4.98 Å². The first-order chi connectivity index (χ1) is 13.6. The van der Waals surface area contributed by atoms with E-state index in [0.717, 1.165) is 4.88 Å². The molecule has 2 amide bonds. The van der Waals surface area contributed by atoms with Gasteiger partial charge in [0.25, 0.3) is 11.8 Å². The minimum Gasteiger partial charge on any atom is -0.459 e. The average Bonchev–Trinajstić information content (AvgIpc) is 3.44. The molecule has 0 radical (unpaired) electrons. The molecule has 4 aromatic rings. The van der Waals surface area contributed by atoms with Gasteiger partial charge in [0.15, 0.2) is 10.9 Å². The SMILES string of the molecule is O=C(Nc1nc(-c2cccs2)c(NC(=O)c2ccco2)s1)c1ccc(Cl)cc1. The molecular weight excluding hydrogens is 418 g/mol. The molecule has 3 heterocycles. The number of anilines is 2. The normalized spacial score (nSPS) is 10.6. The lowest BCUT2D eigenvalue weighted by molar-refractivity contribution is 0.0995. The van der Waals surface area contributed by atoms with Gasteiger partial charge in [-0.05, 0) is 47.8 Å². The molecule has 0 aliphatic heterocycles. The maximum absolute atomic E-state index is 12.5. The fraction of sp³-hybridized carbons (Fsp3) is 0. The van der Waals surface area contributed by atoms with Gasteiger partial charge in [-0.3, -0.25) is 14.9 Å². The van der Waals surface area contributed by atoms with Crippen LogP contribution in [0.5, 0.6) is 0 Å². The summed E-state index contributed by atoms with van der Waals surface area (Å²) in [4.78, 5) is 30.2. The van der Waals surface area contributed by atoms with Crippen LogP contribution in [0.1, 0.15) is 20.9 Å². The monoisotopic (exact) mass is 429 g/mol. The summed E-state index contributed by atoms with van der Waals surface area (Å²) in [5, 5.41) is 8.93. The molecule has 1 aromatic carbocycles. The average molecular weight is 430 g/mol. The Balaban J connectivity index is 1.60. The van der Waals surface area contributed by atoms with E-state index >= 15 is 0 Å². The number of aromatic nitrogens is 1. The van der Waals surface area contributed by atoms with Gasteiger partial charge in [0, 0.05) is 10.6 Å². The summed E-state index contributed by atoms with van der Waals surface area (Å²) >= 11 is 8.52. The molecule has 3 aromatic heterocycles. The van der Waals surface area contributed by atoms with E-state index in [9.17, 15) is 9.59 Å². The fourth-order valence-corrected chi connectivity index (χ4v) is 4.16. The summed E-state index contributed by atoms with van der Waals surface area (Å²) in [7, 11) is 0. The first-order valence-corrected chi connectivity index (χ1v) is 10.1. The number of nitrogens with zero attached hydrogens (tertiary/aromatic N) is 1. The Morgan fingerprint density at radius 1 is 1.00 bits per heavy atom. The van der Waals surface area contributed by atoms with Crippen molar-refractivity contribution in [3.05, 3.63) is 76.5 Å². The van der Waals surface area contributed by atoms with Crippen LogP contribution in [0.25, 0.3) is 10.6 Å². The topological polar surface area (TPSA) is 84.2 Å². The van der Waals surface area contributed by atoms with Crippen molar-refractivity contribution in [3.8, 4) is 10.6 Å². The number of hydrogen-bond donors (Lipinski definition) is 2. The molecule has 0 saturated carbocycles. The van der Waals surface area contributed by atoms with Gasteiger partial charge >= 0.3 is 0 Å². The van der Waals surface area contributed by atoms with Crippen LogP contribution in [0.15, 0.2) is 64.6 Å². The van der Waals surface area contributed by atoms with E-state index in [2.05, 4.69) is 15.6 Å². The van der Waals surface area contributed by atoms with Crippen LogP contribution >= 0.6 is 34.3 Å². The summed E-state index contributed by atoms with van der Waals surface area (Å²) in [5.41, 5.74) is 1.05. The maximum Gasteiger partial charge on any atom is 0.292 e. The molecule has 140 valence electrons. The van der Waals surface area contributed by atoms with Gasteiger partial charge in [0.05, 0.1) is 11.1 Å². The largest absolute Gasteiger partial charge is 0.459 e. The Labute approximate surface area is 172 Å². The van der Waals surface area contributed by atoms with Crippen molar-refractivity contribution in [2.24, 2.45) is 0 Å². The zero-order valence-corrected chi connectivity index (χ0v) is 16.5. The molecule has 9 heteroatoms. The lowest BCUT2D eigenvalue weighted by Gasteiger charge is -2.01. The number of carbonyl (C=O) groups is 2. The number of nitrogens with one attached hydrogen (secondary N) is 2. The van der Waals surface area contributed by atoms with Crippen LogP contribution in [0.3, 0.4) is 0 Å². The van der Waals surface area contributed by atoms with Crippen LogP contribution in [-0.4, -0.2) is 16.8 Å². The van der Waals surface area contributed by atoms with Gasteiger partial charge < -0.3 is 9.73 Å². The molecular formula is C19H12ClN3O3S2. The molecule has 0 saturated heterocycles. The highest BCUT2D eigenvalue weighted by atomic mass is 35.5.